The van der Waals surface area contributed by atoms with E-state index in [0.717, 1.165) is 26.1 Å². The van der Waals surface area contributed by atoms with Gasteiger partial charge >= 0.3 is 0 Å². The number of fused-ring (bicyclic) bond motifs is 1. The fourth-order valence-corrected chi connectivity index (χ4v) is 2.21. The molecule has 0 N–H and O–H groups in total. The third-order valence-corrected chi connectivity index (χ3v) is 4.32. The fourth-order valence-electron chi connectivity index (χ4n) is 1.62. The summed E-state index contributed by atoms with van der Waals surface area (Å²) < 4.78 is 0.889. The van der Waals surface area contributed by atoms with Crippen LogP contribution in [0.1, 0.15) is 16.8 Å². The van der Waals surface area contributed by atoms with Gasteiger partial charge in [-0.05, 0) is 47.8 Å². The molecule has 2 rings (SSSR count). The molecule has 1 nitrogen and oxygen atoms in total. The van der Waals surface area contributed by atoms with Crippen molar-refractivity contribution in [3.8, 4) is 0 Å². The van der Waals surface area contributed by atoms with Gasteiger partial charge in [0.05, 0.1) is 20.7 Å². The molecule has 1 aromatic carbocycles. The first-order chi connectivity index (χ1) is 7.02. The molecule has 2 aromatic rings. The predicted octanol–water partition coefficient (Wildman–Crippen LogP) is 4.58. The molecule has 0 atom stereocenters. The number of halogens is 2. The smallest absolute Gasteiger partial charge is 0.0752 e. The second-order valence-electron chi connectivity index (χ2n) is 3.73. The van der Waals surface area contributed by atoms with Crippen LogP contribution in [0.4, 0.5) is 0 Å². The molecule has 0 saturated carbocycles. The normalized spacial score (nSPS) is 11.0. The zero-order valence-electron chi connectivity index (χ0n) is 8.86. The summed E-state index contributed by atoms with van der Waals surface area (Å²) in [7, 11) is 0. The van der Waals surface area contributed by atoms with Crippen molar-refractivity contribution in [1.29, 1.82) is 0 Å². The molecule has 15 heavy (non-hydrogen) atoms. The highest BCUT2D eigenvalue weighted by molar-refractivity contribution is 9.10. The number of nitrogens with zero attached hydrogens (tertiary/aromatic N) is 1. The molecule has 0 radical (unpaired) electrons. The van der Waals surface area contributed by atoms with Gasteiger partial charge in [-0.2, -0.15) is 0 Å². The summed E-state index contributed by atoms with van der Waals surface area (Å²) in [4.78, 5) is 4.57. The number of rotatable bonds is 0. The van der Waals surface area contributed by atoms with Gasteiger partial charge in [-0.1, -0.05) is 23.7 Å². The summed E-state index contributed by atoms with van der Waals surface area (Å²) in [6.07, 6.45) is 0. The summed E-state index contributed by atoms with van der Waals surface area (Å²) in [6.45, 7) is 6.12. The third-order valence-electron chi connectivity index (χ3n) is 2.73. The van der Waals surface area contributed by atoms with Gasteiger partial charge in [0.15, 0.2) is 0 Å². The van der Waals surface area contributed by atoms with Crippen molar-refractivity contribution in [2.45, 2.75) is 20.8 Å². The van der Waals surface area contributed by atoms with Gasteiger partial charge in [-0.25, -0.2) is 0 Å². The molecular formula is C12H11BrClN. The van der Waals surface area contributed by atoms with Gasteiger partial charge in [0.2, 0.25) is 0 Å². The maximum absolute atomic E-state index is 6.27. The number of benzene rings is 1. The third kappa shape index (κ3) is 1.66. The Hall–Kier alpha value is -0.600. The van der Waals surface area contributed by atoms with Crippen LogP contribution in [0.3, 0.4) is 0 Å². The van der Waals surface area contributed by atoms with Crippen LogP contribution in [0.15, 0.2) is 16.6 Å². The van der Waals surface area contributed by atoms with Crippen LogP contribution in [-0.4, -0.2) is 4.98 Å². The van der Waals surface area contributed by atoms with Crippen molar-refractivity contribution in [2.75, 3.05) is 0 Å². The SMILES string of the molecule is Cc1ccc2c(Cl)c(Br)c(C)nc2c1C. The van der Waals surface area contributed by atoms with Gasteiger partial charge in [-0.15, -0.1) is 0 Å². The molecule has 0 aliphatic rings. The first-order valence-corrected chi connectivity index (χ1v) is 5.91. The Morgan fingerprint density at radius 1 is 1.20 bits per heavy atom. The summed E-state index contributed by atoms with van der Waals surface area (Å²) in [5, 5.41) is 1.76. The molecule has 0 amide bonds. The minimum absolute atomic E-state index is 0.751. The van der Waals surface area contributed by atoms with E-state index in [-0.39, 0.29) is 0 Å². The van der Waals surface area contributed by atoms with Gasteiger partial charge < -0.3 is 0 Å². The van der Waals surface area contributed by atoms with E-state index >= 15 is 0 Å². The van der Waals surface area contributed by atoms with Crippen LogP contribution in [-0.2, 0) is 0 Å². The van der Waals surface area contributed by atoms with E-state index in [0.29, 0.717) is 0 Å². The zero-order valence-corrected chi connectivity index (χ0v) is 11.2. The molecule has 1 aromatic heterocycles. The molecule has 0 aliphatic carbocycles. The molecular weight excluding hydrogens is 273 g/mol. The van der Waals surface area contributed by atoms with Crippen molar-refractivity contribution in [3.63, 3.8) is 0 Å². The van der Waals surface area contributed by atoms with Gasteiger partial charge in [-0.3, -0.25) is 4.98 Å². The molecule has 1 heterocycles. The van der Waals surface area contributed by atoms with Gasteiger partial charge in [0, 0.05) is 5.39 Å². The summed E-state index contributed by atoms with van der Waals surface area (Å²) in [6, 6.07) is 4.10. The Balaban J connectivity index is 2.98. The second kappa shape index (κ2) is 3.76. The molecule has 78 valence electrons. The first-order valence-electron chi connectivity index (χ1n) is 4.74. The molecule has 0 saturated heterocycles. The summed E-state index contributed by atoms with van der Waals surface area (Å²) >= 11 is 9.72. The van der Waals surface area contributed by atoms with Gasteiger partial charge in [0.1, 0.15) is 0 Å². The Morgan fingerprint density at radius 3 is 2.53 bits per heavy atom. The Kier molecular flexibility index (Phi) is 2.73. The second-order valence-corrected chi connectivity index (χ2v) is 4.90. The quantitative estimate of drug-likeness (QED) is 0.690. The van der Waals surface area contributed by atoms with Crippen molar-refractivity contribution in [3.05, 3.63) is 38.4 Å². The van der Waals surface area contributed by atoms with Crippen LogP contribution < -0.4 is 0 Å². The lowest BCUT2D eigenvalue weighted by Gasteiger charge is -2.09. The van der Waals surface area contributed by atoms with Crippen molar-refractivity contribution in [2.24, 2.45) is 0 Å². The monoisotopic (exact) mass is 283 g/mol. The van der Waals surface area contributed by atoms with Crippen LogP contribution in [0.25, 0.3) is 10.9 Å². The zero-order chi connectivity index (χ0) is 11.2. The van der Waals surface area contributed by atoms with E-state index in [1.54, 1.807) is 0 Å². The predicted molar refractivity (Wildman–Crippen MR) is 68.7 cm³/mol. The average Bonchev–Trinajstić information content (AvgIpc) is 2.21. The molecule has 0 bridgehead atoms. The van der Waals surface area contributed by atoms with E-state index in [2.05, 4.69) is 40.8 Å². The maximum atomic E-state index is 6.27. The maximum Gasteiger partial charge on any atom is 0.0752 e. The fraction of sp³-hybridized carbons (Fsp3) is 0.250. The van der Waals surface area contributed by atoms with E-state index in [9.17, 15) is 0 Å². The van der Waals surface area contributed by atoms with Crippen molar-refractivity contribution >= 4 is 38.4 Å². The standard InChI is InChI=1S/C12H11BrClN/c1-6-4-5-9-11(14)10(13)8(3)15-12(9)7(6)2/h4-5H,1-3H3. The van der Waals surface area contributed by atoms with Crippen molar-refractivity contribution in [1.82, 2.24) is 4.98 Å². The van der Waals surface area contributed by atoms with Crippen LogP contribution in [0.2, 0.25) is 5.02 Å². The number of pyridine rings is 1. The molecule has 0 fully saturated rings. The highest BCUT2D eigenvalue weighted by Gasteiger charge is 2.10. The Morgan fingerprint density at radius 2 is 1.87 bits per heavy atom. The largest absolute Gasteiger partial charge is 0.252 e. The Labute approximate surface area is 103 Å². The van der Waals surface area contributed by atoms with E-state index < -0.39 is 0 Å². The average molecular weight is 285 g/mol. The highest BCUT2D eigenvalue weighted by atomic mass is 79.9. The molecule has 0 aliphatic heterocycles. The highest BCUT2D eigenvalue weighted by Crippen LogP contribution is 2.33. The minimum Gasteiger partial charge on any atom is -0.252 e. The molecule has 3 heteroatoms. The van der Waals surface area contributed by atoms with E-state index in [4.69, 9.17) is 11.6 Å². The van der Waals surface area contributed by atoms with E-state index in [1.807, 2.05) is 13.0 Å². The van der Waals surface area contributed by atoms with Crippen LogP contribution in [0, 0.1) is 20.8 Å². The van der Waals surface area contributed by atoms with E-state index in [1.165, 1.54) is 11.1 Å². The lowest BCUT2D eigenvalue weighted by Crippen LogP contribution is -1.92. The Bertz CT molecular complexity index is 549. The lowest BCUT2D eigenvalue weighted by molar-refractivity contribution is 1.21. The van der Waals surface area contributed by atoms with Crippen molar-refractivity contribution < 1.29 is 0 Å². The number of hydrogen-bond acceptors (Lipinski definition) is 1. The first kappa shape index (κ1) is 10.9. The molecule has 0 unspecified atom stereocenters. The molecule has 0 spiro atoms. The lowest BCUT2D eigenvalue weighted by atomic mass is 10.1. The summed E-state index contributed by atoms with van der Waals surface area (Å²) in [5.41, 5.74) is 4.37. The topological polar surface area (TPSA) is 12.9 Å². The number of hydrogen-bond donors (Lipinski definition) is 0. The van der Waals surface area contributed by atoms with Crippen LogP contribution in [0.5, 0.6) is 0 Å². The minimum atomic E-state index is 0.751. The number of aromatic nitrogens is 1. The van der Waals surface area contributed by atoms with Gasteiger partial charge in [0.25, 0.3) is 0 Å². The van der Waals surface area contributed by atoms with Crippen LogP contribution >= 0.6 is 27.5 Å². The number of aryl methyl sites for hydroxylation is 3. The summed E-state index contributed by atoms with van der Waals surface area (Å²) in [5.74, 6) is 0.